The molecule has 0 radical (unpaired) electrons. The molecule has 0 atom stereocenters. The SMILES string of the molecule is CCOC(=O)COc1ccc(/C(=C(/CC)c2ccccc2)c2ccc(OCCBr)cc2)cc1. The maximum absolute atomic E-state index is 11.6. The summed E-state index contributed by atoms with van der Waals surface area (Å²) in [7, 11) is 0. The second kappa shape index (κ2) is 12.9. The van der Waals surface area contributed by atoms with Crippen LogP contribution in [0, 0.1) is 0 Å². The Morgan fingerprint density at radius 1 is 0.758 bits per heavy atom. The number of halogens is 1. The predicted molar refractivity (Wildman–Crippen MR) is 137 cm³/mol. The summed E-state index contributed by atoms with van der Waals surface area (Å²) >= 11 is 3.39. The zero-order valence-corrected chi connectivity index (χ0v) is 20.6. The third kappa shape index (κ3) is 6.96. The van der Waals surface area contributed by atoms with Crippen LogP contribution in [0.25, 0.3) is 11.1 Å². The molecule has 0 aliphatic heterocycles. The molecule has 0 amide bonds. The monoisotopic (exact) mass is 508 g/mol. The molecule has 33 heavy (non-hydrogen) atoms. The smallest absolute Gasteiger partial charge is 0.344 e. The Balaban J connectivity index is 1.97. The van der Waals surface area contributed by atoms with Gasteiger partial charge in [-0.3, -0.25) is 0 Å². The number of ether oxygens (including phenoxy) is 3. The second-order valence-corrected chi connectivity index (χ2v) is 8.05. The van der Waals surface area contributed by atoms with E-state index in [0.29, 0.717) is 19.0 Å². The van der Waals surface area contributed by atoms with Gasteiger partial charge in [0.1, 0.15) is 11.5 Å². The Labute approximate surface area is 204 Å². The van der Waals surface area contributed by atoms with Crippen molar-refractivity contribution in [1.82, 2.24) is 0 Å². The summed E-state index contributed by atoms with van der Waals surface area (Å²) in [5.74, 6) is 1.10. The van der Waals surface area contributed by atoms with Crippen LogP contribution < -0.4 is 9.47 Å². The van der Waals surface area contributed by atoms with E-state index < -0.39 is 0 Å². The predicted octanol–water partition coefficient (Wildman–Crippen LogP) is 6.77. The zero-order valence-electron chi connectivity index (χ0n) is 19.1. The van der Waals surface area contributed by atoms with Gasteiger partial charge in [-0.15, -0.1) is 0 Å². The van der Waals surface area contributed by atoms with Gasteiger partial charge in [0.15, 0.2) is 6.61 Å². The summed E-state index contributed by atoms with van der Waals surface area (Å²) in [6, 6.07) is 26.5. The van der Waals surface area contributed by atoms with Crippen molar-refractivity contribution in [2.75, 3.05) is 25.2 Å². The third-order valence-electron chi connectivity index (χ3n) is 5.07. The maximum atomic E-state index is 11.6. The Kier molecular flexibility index (Phi) is 9.58. The van der Waals surface area contributed by atoms with E-state index >= 15 is 0 Å². The van der Waals surface area contributed by atoms with E-state index in [1.54, 1.807) is 6.92 Å². The van der Waals surface area contributed by atoms with Crippen molar-refractivity contribution < 1.29 is 19.0 Å². The number of hydrogen-bond acceptors (Lipinski definition) is 4. The topological polar surface area (TPSA) is 44.8 Å². The van der Waals surface area contributed by atoms with Crippen molar-refractivity contribution >= 4 is 33.0 Å². The van der Waals surface area contributed by atoms with Gasteiger partial charge in [-0.05, 0) is 65.4 Å². The van der Waals surface area contributed by atoms with Crippen molar-refractivity contribution in [2.45, 2.75) is 20.3 Å². The number of hydrogen-bond donors (Lipinski definition) is 0. The summed E-state index contributed by atoms with van der Waals surface area (Å²) in [5.41, 5.74) is 5.80. The largest absolute Gasteiger partial charge is 0.493 e. The molecule has 5 heteroatoms. The van der Waals surface area contributed by atoms with Crippen molar-refractivity contribution in [1.29, 1.82) is 0 Å². The summed E-state index contributed by atoms with van der Waals surface area (Å²) in [6.07, 6.45) is 0.877. The highest BCUT2D eigenvalue weighted by atomic mass is 79.9. The van der Waals surface area contributed by atoms with Crippen LogP contribution >= 0.6 is 15.9 Å². The van der Waals surface area contributed by atoms with Crippen molar-refractivity contribution in [3.8, 4) is 11.5 Å². The molecule has 172 valence electrons. The fourth-order valence-corrected chi connectivity index (χ4v) is 3.78. The summed E-state index contributed by atoms with van der Waals surface area (Å²) in [6.45, 7) is 4.82. The highest BCUT2D eigenvalue weighted by Gasteiger charge is 2.14. The fourth-order valence-electron chi connectivity index (χ4n) is 3.62. The van der Waals surface area contributed by atoms with Crippen LogP contribution in [0.3, 0.4) is 0 Å². The number of allylic oxidation sites excluding steroid dienone is 1. The first-order valence-corrected chi connectivity index (χ1v) is 12.2. The van der Waals surface area contributed by atoms with Gasteiger partial charge in [-0.2, -0.15) is 0 Å². The van der Waals surface area contributed by atoms with Gasteiger partial charge in [-0.1, -0.05) is 77.5 Å². The maximum Gasteiger partial charge on any atom is 0.344 e. The van der Waals surface area contributed by atoms with E-state index in [4.69, 9.17) is 14.2 Å². The molecule has 0 aromatic heterocycles. The van der Waals surface area contributed by atoms with E-state index in [9.17, 15) is 4.79 Å². The Bertz CT molecular complexity index is 1040. The molecule has 0 aliphatic rings. The van der Waals surface area contributed by atoms with E-state index in [0.717, 1.165) is 34.2 Å². The minimum atomic E-state index is -0.373. The first-order valence-electron chi connectivity index (χ1n) is 11.1. The lowest BCUT2D eigenvalue weighted by atomic mass is 9.88. The summed E-state index contributed by atoms with van der Waals surface area (Å²) in [5, 5.41) is 0.790. The molecule has 3 rings (SSSR count). The third-order valence-corrected chi connectivity index (χ3v) is 5.40. The number of alkyl halides is 1. The normalized spacial score (nSPS) is 11.5. The van der Waals surface area contributed by atoms with Gasteiger partial charge in [0.25, 0.3) is 0 Å². The molecule has 0 spiro atoms. The van der Waals surface area contributed by atoms with E-state index in [-0.39, 0.29) is 12.6 Å². The lowest BCUT2D eigenvalue weighted by Crippen LogP contribution is -2.14. The molecule has 0 N–H and O–H groups in total. The molecular weight excluding hydrogens is 480 g/mol. The molecule has 0 heterocycles. The van der Waals surface area contributed by atoms with Crippen LogP contribution in [0.2, 0.25) is 0 Å². The van der Waals surface area contributed by atoms with Crippen molar-refractivity contribution in [3.05, 3.63) is 95.6 Å². The van der Waals surface area contributed by atoms with E-state index in [1.165, 1.54) is 11.1 Å². The number of benzene rings is 3. The second-order valence-electron chi connectivity index (χ2n) is 7.25. The molecular formula is C28H29BrO4. The zero-order chi connectivity index (χ0) is 23.5. The van der Waals surface area contributed by atoms with Gasteiger partial charge >= 0.3 is 5.97 Å². The van der Waals surface area contributed by atoms with Gasteiger partial charge < -0.3 is 14.2 Å². The quantitative estimate of drug-likeness (QED) is 0.163. The molecule has 3 aromatic rings. The molecule has 4 nitrogen and oxygen atoms in total. The average Bonchev–Trinajstić information content (AvgIpc) is 2.86. The average molecular weight is 509 g/mol. The molecule has 0 saturated heterocycles. The first-order chi connectivity index (χ1) is 16.2. The van der Waals surface area contributed by atoms with Crippen LogP contribution in [0.4, 0.5) is 0 Å². The van der Waals surface area contributed by atoms with Gasteiger partial charge in [0, 0.05) is 5.33 Å². The van der Waals surface area contributed by atoms with Crippen LogP contribution in [0.1, 0.15) is 37.0 Å². The van der Waals surface area contributed by atoms with E-state index in [1.807, 2.05) is 42.5 Å². The molecule has 0 fully saturated rings. The molecule has 0 aliphatic carbocycles. The minimum Gasteiger partial charge on any atom is -0.493 e. The van der Waals surface area contributed by atoms with Gasteiger partial charge in [0.2, 0.25) is 0 Å². The van der Waals surface area contributed by atoms with Crippen LogP contribution in [0.5, 0.6) is 11.5 Å². The molecule has 0 unspecified atom stereocenters. The molecule has 0 bridgehead atoms. The Morgan fingerprint density at radius 3 is 1.85 bits per heavy atom. The number of carbonyl (C=O) groups excluding carboxylic acids is 1. The van der Waals surface area contributed by atoms with Crippen LogP contribution in [-0.2, 0) is 9.53 Å². The molecule has 0 saturated carbocycles. The lowest BCUT2D eigenvalue weighted by molar-refractivity contribution is -0.145. The van der Waals surface area contributed by atoms with Crippen LogP contribution in [-0.4, -0.2) is 31.1 Å². The molecule has 3 aromatic carbocycles. The highest BCUT2D eigenvalue weighted by molar-refractivity contribution is 9.09. The number of carbonyl (C=O) groups is 1. The number of rotatable bonds is 11. The minimum absolute atomic E-state index is 0.101. The fraction of sp³-hybridized carbons (Fsp3) is 0.250. The van der Waals surface area contributed by atoms with Crippen molar-refractivity contribution in [2.24, 2.45) is 0 Å². The lowest BCUT2D eigenvalue weighted by Gasteiger charge is -2.17. The summed E-state index contributed by atoms with van der Waals surface area (Å²) < 4.78 is 16.2. The van der Waals surface area contributed by atoms with Crippen molar-refractivity contribution in [3.63, 3.8) is 0 Å². The van der Waals surface area contributed by atoms with E-state index in [2.05, 4.69) is 59.3 Å². The van der Waals surface area contributed by atoms with Gasteiger partial charge in [0.05, 0.1) is 13.2 Å². The highest BCUT2D eigenvalue weighted by Crippen LogP contribution is 2.35. The van der Waals surface area contributed by atoms with Crippen LogP contribution in [0.15, 0.2) is 78.9 Å². The standard InChI is InChI=1S/C28H29BrO4/c1-3-26(21-8-6-5-7-9-21)28(22-10-14-24(15-11-22)32-19-18-29)23-12-16-25(17-13-23)33-20-27(30)31-4-2/h5-17H,3-4,18-20H2,1-2H3/b28-26-. The number of esters is 1. The van der Waals surface area contributed by atoms with Gasteiger partial charge in [-0.25, -0.2) is 4.79 Å². The Hall–Kier alpha value is -3.05. The summed E-state index contributed by atoms with van der Waals surface area (Å²) in [4.78, 5) is 11.6. The first kappa shape index (κ1) is 24.6. The Morgan fingerprint density at radius 2 is 1.33 bits per heavy atom.